The summed E-state index contributed by atoms with van der Waals surface area (Å²) in [7, 11) is 0. The number of hydrogen-bond donors (Lipinski definition) is 3. The lowest BCUT2D eigenvalue weighted by atomic mass is 10.1. The van der Waals surface area contributed by atoms with Crippen LogP contribution in [-0.4, -0.2) is 11.9 Å². The smallest absolute Gasteiger partial charge is 0.248 e. The average molecular weight is 247 g/mol. The predicted molar refractivity (Wildman–Crippen MR) is 74.5 cm³/mol. The van der Waals surface area contributed by atoms with Crippen LogP contribution >= 0.6 is 0 Å². The number of primary amides is 1. The lowest BCUT2D eigenvalue weighted by Gasteiger charge is -2.19. The van der Waals surface area contributed by atoms with E-state index in [1.165, 1.54) is 38.5 Å². The van der Waals surface area contributed by atoms with E-state index in [0.717, 1.165) is 5.69 Å². The van der Waals surface area contributed by atoms with Gasteiger partial charge in [-0.05, 0) is 31.0 Å². The van der Waals surface area contributed by atoms with Crippen LogP contribution in [0.15, 0.2) is 18.2 Å². The van der Waals surface area contributed by atoms with E-state index in [1.54, 1.807) is 18.2 Å². The van der Waals surface area contributed by atoms with Gasteiger partial charge in [0.2, 0.25) is 5.91 Å². The molecule has 0 aromatic heterocycles. The molecule has 0 unspecified atom stereocenters. The zero-order chi connectivity index (χ0) is 13.0. The third-order valence-electron chi connectivity index (χ3n) is 3.55. The Bertz CT molecular complexity index is 423. The molecule has 0 bridgehead atoms. The van der Waals surface area contributed by atoms with Crippen molar-refractivity contribution in [2.75, 3.05) is 11.1 Å². The number of amides is 1. The summed E-state index contributed by atoms with van der Waals surface area (Å²) in [5.41, 5.74) is 13.2. The van der Waals surface area contributed by atoms with Gasteiger partial charge in [-0.2, -0.15) is 0 Å². The summed E-state index contributed by atoms with van der Waals surface area (Å²) in [5, 5.41) is 3.45. The van der Waals surface area contributed by atoms with Gasteiger partial charge in [0.05, 0.1) is 11.4 Å². The largest absolute Gasteiger partial charge is 0.397 e. The molecule has 2 rings (SSSR count). The van der Waals surface area contributed by atoms with Crippen molar-refractivity contribution in [1.29, 1.82) is 0 Å². The van der Waals surface area contributed by atoms with Gasteiger partial charge in [0.1, 0.15) is 0 Å². The minimum absolute atomic E-state index is 0.418. The fourth-order valence-corrected chi connectivity index (χ4v) is 2.48. The molecular formula is C14H21N3O. The van der Waals surface area contributed by atoms with Crippen LogP contribution in [0.5, 0.6) is 0 Å². The monoisotopic (exact) mass is 247 g/mol. The van der Waals surface area contributed by atoms with Crippen LogP contribution in [0.3, 0.4) is 0 Å². The molecule has 1 amide bonds. The topological polar surface area (TPSA) is 81.1 Å². The van der Waals surface area contributed by atoms with Crippen LogP contribution in [-0.2, 0) is 0 Å². The van der Waals surface area contributed by atoms with Crippen molar-refractivity contribution in [3.8, 4) is 0 Å². The molecule has 1 aromatic carbocycles. The normalized spacial score (nSPS) is 17.1. The first kappa shape index (κ1) is 12.7. The lowest BCUT2D eigenvalue weighted by molar-refractivity contribution is 0.100. The molecule has 98 valence electrons. The quantitative estimate of drug-likeness (QED) is 0.567. The van der Waals surface area contributed by atoms with Crippen molar-refractivity contribution in [3.63, 3.8) is 0 Å². The highest BCUT2D eigenvalue weighted by atomic mass is 16.1. The summed E-state index contributed by atoms with van der Waals surface area (Å²) < 4.78 is 0. The third-order valence-corrected chi connectivity index (χ3v) is 3.55. The fraction of sp³-hybridized carbons (Fsp3) is 0.500. The summed E-state index contributed by atoms with van der Waals surface area (Å²) >= 11 is 0. The summed E-state index contributed by atoms with van der Waals surface area (Å²) in [6.45, 7) is 0. The van der Waals surface area contributed by atoms with Crippen molar-refractivity contribution in [2.24, 2.45) is 5.73 Å². The average Bonchev–Trinajstić information content (AvgIpc) is 2.60. The number of benzene rings is 1. The first-order chi connectivity index (χ1) is 8.66. The molecule has 4 nitrogen and oxygen atoms in total. The Labute approximate surface area is 108 Å². The number of hydrogen-bond acceptors (Lipinski definition) is 3. The van der Waals surface area contributed by atoms with Crippen LogP contribution in [0.4, 0.5) is 11.4 Å². The van der Waals surface area contributed by atoms with Gasteiger partial charge in [0.15, 0.2) is 0 Å². The minimum Gasteiger partial charge on any atom is -0.397 e. The van der Waals surface area contributed by atoms with Crippen molar-refractivity contribution in [2.45, 2.75) is 44.6 Å². The summed E-state index contributed by atoms with van der Waals surface area (Å²) in [5.74, 6) is -0.418. The number of carbonyl (C=O) groups excluding carboxylic acids is 1. The zero-order valence-electron chi connectivity index (χ0n) is 10.6. The van der Waals surface area contributed by atoms with Crippen LogP contribution in [0.25, 0.3) is 0 Å². The summed E-state index contributed by atoms with van der Waals surface area (Å²) in [6, 6.07) is 5.61. The standard InChI is InChI=1S/C14H21N3O/c15-12-8-7-10(14(16)18)9-13(12)17-11-5-3-1-2-4-6-11/h7-9,11,17H,1-6,15H2,(H2,16,18). The molecular weight excluding hydrogens is 226 g/mol. The number of carbonyl (C=O) groups is 1. The van der Waals surface area contributed by atoms with Gasteiger partial charge in [-0.3, -0.25) is 4.79 Å². The van der Waals surface area contributed by atoms with E-state index in [9.17, 15) is 4.79 Å². The fourth-order valence-electron chi connectivity index (χ4n) is 2.48. The molecule has 0 saturated heterocycles. The van der Waals surface area contributed by atoms with E-state index < -0.39 is 5.91 Å². The Morgan fingerprint density at radius 2 is 1.83 bits per heavy atom. The highest BCUT2D eigenvalue weighted by molar-refractivity contribution is 5.94. The van der Waals surface area contributed by atoms with Crippen LogP contribution in [0, 0.1) is 0 Å². The lowest BCUT2D eigenvalue weighted by Crippen LogP contribution is -2.20. The van der Waals surface area contributed by atoms with E-state index in [-0.39, 0.29) is 0 Å². The van der Waals surface area contributed by atoms with E-state index in [2.05, 4.69) is 5.32 Å². The van der Waals surface area contributed by atoms with Gasteiger partial charge in [-0.25, -0.2) is 0 Å². The van der Waals surface area contributed by atoms with Crippen LogP contribution in [0.1, 0.15) is 48.9 Å². The number of nitrogen functional groups attached to an aromatic ring is 1. The third kappa shape index (κ3) is 3.15. The molecule has 0 heterocycles. The molecule has 0 atom stereocenters. The second-order valence-corrected chi connectivity index (χ2v) is 5.00. The molecule has 4 heteroatoms. The Hall–Kier alpha value is -1.71. The number of nitrogens with two attached hydrogens (primary N) is 2. The van der Waals surface area contributed by atoms with Crippen molar-refractivity contribution in [3.05, 3.63) is 23.8 Å². The molecule has 1 aliphatic rings. The Morgan fingerprint density at radius 1 is 1.17 bits per heavy atom. The molecule has 0 spiro atoms. The number of anilines is 2. The van der Waals surface area contributed by atoms with E-state index >= 15 is 0 Å². The summed E-state index contributed by atoms with van der Waals surface area (Å²) in [4.78, 5) is 11.2. The molecule has 5 N–H and O–H groups in total. The van der Waals surface area contributed by atoms with Crippen molar-refractivity contribution < 1.29 is 4.79 Å². The maximum Gasteiger partial charge on any atom is 0.248 e. The Balaban J connectivity index is 2.11. The maximum absolute atomic E-state index is 11.2. The molecule has 0 radical (unpaired) electrons. The Morgan fingerprint density at radius 3 is 2.44 bits per heavy atom. The number of rotatable bonds is 3. The van der Waals surface area contributed by atoms with Gasteiger partial charge < -0.3 is 16.8 Å². The number of nitrogens with one attached hydrogen (secondary N) is 1. The zero-order valence-corrected chi connectivity index (χ0v) is 10.6. The van der Waals surface area contributed by atoms with Gasteiger partial charge in [0, 0.05) is 11.6 Å². The highest BCUT2D eigenvalue weighted by Gasteiger charge is 2.13. The first-order valence-corrected chi connectivity index (χ1v) is 6.62. The molecule has 1 aromatic rings. The van der Waals surface area contributed by atoms with Gasteiger partial charge in [-0.1, -0.05) is 25.7 Å². The van der Waals surface area contributed by atoms with E-state index in [0.29, 0.717) is 17.3 Å². The Kier molecular flexibility index (Phi) is 4.07. The van der Waals surface area contributed by atoms with Crippen molar-refractivity contribution >= 4 is 17.3 Å². The van der Waals surface area contributed by atoms with E-state index in [1.807, 2.05) is 0 Å². The first-order valence-electron chi connectivity index (χ1n) is 6.62. The van der Waals surface area contributed by atoms with Crippen molar-refractivity contribution in [1.82, 2.24) is 0 Å². The van der Waals surface area contributed by atoms with Crippen LogP contribution in [0.2, 0.25) is 0 Å². The maximum atomic E-state index is 11.2. The molecule has 18 heavy (non-hydrogen) atoms. The molecule has 1 aliphatic carbocycles. The van der Waals surface area contributed by atoms with Gasteiger partial charge in [0.25, 0.3) is 0 Å². The van der Waals surface area contributed by atoms with Crippen LogP contribution < -0.4 is 16.8 Å². The van der Waals surface area contributed by atoms with Gasteiger partial charge in [-0.15, -0.1) is 0 Å². The second-order valence-electron chi connectivity index (χ2n) is 5.00. The second kappa shape index (κ2) is 5.76. The predicted octanol–water partition coefficient (Wildman–Crippen LogP) is 2.50. The molecule has 1 fully saturated rings. The minimum atomic E-state index is -0.418. The molecule has 1 saturated carbocycles. The highest BCUT2D eigenvalue weighted by Crippen LogP contribution is 2.25. The molecule has 0 aliphatic heterocycles. The van der Waals surface area contributed by atoms with E-state index in [4.69, 9.17) is 11.5 Å². The summed E-state index contributed by atoms with van der Waals surface area (Å²) in [6.07, 6.45) is 7.48. The van der Waals surface area contributed by atoms with Gasteiger partial charge >= 0.3 is 0 Å². The SMILES string of the molecule is NC(=O)c1ccc(N)c(NC2CCCCCC2)c1.